The Morgan fingerprint density at radius 3 is 2.52 bits per heavy atom. The van der Waals surface area contributed by atoms with Crippen LogP contribution in [0.15, 0.2) is 42.0 Å². The molecule has 0 saturated carbocycles. The SMILES string of the molecule is CCCC[C@]1(CCCCCC(O)C(=O)O)C(=O)CC=C1CCCCOc1ccccc1. The Hall–Kier alpha value is -2.14. The number of hydrogen-bond acceptors (Lipinski definition) is 4. The first-order valence-corrected chi connectivity index (χ1v) is 11.8. The zero-order valence-corrected chi connectivity index (χ0v) is 18.9. The Morgan fingerprint density at radius 2 is 1.81 bits per heavy atom. The summed E-state index contributed by atoms with van der Waals surface area (Å²) in [5.41, 5.74) is 0.970. The van der Waals surface area contributed by atoms with E-state index in [0.717, 1.165) is 63.5 Å². The van der Waals surface area contributed by atoms with E-state index in [2.05, 4.69) is 13.0 Å². The van der Waals surface area contributed by atoms with Crippen molar-refractivity contribution >= 4 is 11.8 Å². The molecule has 1 aliphatic carbocycles. The van der Waals surface area contributed by atoms with Crippen LogP contribution in [0.5, 0.6) is 5.75 Å². The molecule has 2 N–H and O–H groups in total. The van der Waals surface area contributed by atoms with Gasteiger partial charge in [0.05, 0.1) is 12.0 Å². The summed E-state index contributed by atoms with van der Waals surface area (Å²) in [6.07, 6.45) is 10.8. The first-order chi connectivity index (χ1) is 15.0. The lowest BCUT2D eigenvalue weighted by molar-refractivity contribution is -0.147. The van der Waals surface area contributed by atoms with Gasteiger partial charge in [-0.15, -0.1) is 0 Å². The number of benzene rings is 1. The third-order valence-electron chi connectivity index (χ3n) is 6.36. The molecule has 0 heterocycles. The van der Waals surface area contributed by atoms with Crippen LogP contribution in [-0.2, 0) is 9.59 Å². The molecule has 2 atom stereocenters. The summed E-state index contributed by atoms with van der Waals surface area (Å²) in [5.74, 6) is 0.0805. The second-order valence-corrected chi connectivity index (χ2v) is 8.61. The number of allylic oxidation sites excluding steroid dienone is 2. The maximum Gasteiger partial charge on any atom is 0.332 e. The van der Waals surface area contributed by atoms with E-state index in [1.807, 2.05) is 30.3 Å². The Morgan fingerprint density at radius 1 is 1.06 bits per heavy atom. The summed E-state index contributed by atoms with van der Waals surface area (Å²) in [6, 6.07) is 9.83. The fourth-order valence-corrected chi connectivity index (χ4v) is 4.52. The molecule has 0 radical (unpaired) electrons. The van der Waals surface area contributed by atoms with Gasteiger partial charge >= 0.3 is 5.97 Å². The van der Waals surface area contributed by atoms with E-state index < -0.39 is 12.1 Å². The largest absolute Gasteiger partial charge is 0.494 e. The molecular formula is C26H38O5. The Kier molecular flexibility index (Phi) is 10.8. The lowest BCUT2D eigenvalue weighted by atomic mass is 9.71. The molecule has 5 nitrogen and oxygen atoms in total. The number of hydrogen-bond donors (Lipinski definition) is 2. The van der Waals surface area contributed by atoms with E-state index in [4.69, 9.17) is 9.84 Å². The van der Waals surface area contributed by atoms with Crippen molar-refractivity contribution in [1.82, 2.24) is 0 Å². The third kappa shape index (κ3) is 7.80. The van der Waals surface area contributed by atoms with Crippen molar-refractivity contribution < 1.29 is 24.5 Å². The lowest BCUT2D eigenvalue weighted by Crippen LogP contribution is -2.29. The molecule has 0 saturated heterocycles. The number of Topliss-reactive ketones (excluding diaryl/α,β-unsaturated/α-hetero) is 1. The van der Waals surface area contributed by atoms with Crippen LogP contribution in [0, 0.1) is 5.41 Å². The summed E-state index contributed by atoms with van der Waals surface area (Å²) >= 11 is 0. The molecule has 1 unspecified atom stereocenters. The summed E-state index contributed by atoms with van der Waals surface area (Å²) in [4.78, 5) is 23.7. The first-order valence-electron chi connectivity index (χ1n) is 11.8. The molecule has 172 valence electrons. The summed E-state index contributed by atoms with van der Waals surface area (Å²) in [7, 11) is 0. The number of carbonyl (C=O) groups excluding carboxylic acids is 1. The quantitative estimate of drug-likeness (QED) is 0.259. The van der Waals surface area contributed by atoms with Crippen LogP contribution < -0.4 is 4.74 Å². The molecule has 0 aromatic heterocycles. The van der Waals surface area contributed by atoms with E-state index >= 15 is 0 Å². The van der Waals surface area contributed by atoms with Gasteiger partial charge in [-0.2, -0.15) is 0 Å². The topological polar surface area (TPSA) is 83.8 Å². The Balaban J connectivity index is 1.82. The predicted molar refractivity (Wildman–Crippen MR) is 122 cm³/mol. The van der Waals surface area contributed by atoms with Gasteiger partial charge in [0.2, 0.25) is 0 Å². The van der Waals surface area contributed by atoms with Crippen LogP contribution >= 0.6 is 0 Å². The van der Waals surface area contributed by atoms with Crippen molar-refractivity contribution in [2.75, 3.05) is 6.61 Å². The number of rotatable bonds is 16. The highest BCUT2D eigenvalue weighted by molar-refractivity contribution is 5.92. The second-order valence-electron chi connectivity index (χ2n) is 8.61. The molecule has 0 bridgehead atoms. The Bertz CT molecular complexity index is 712. The van der Waals surface area contributed by atoms with Gasteiger partial charge in [-0.3, -0.25) is 4.79 Å². The molecule has 31 heavy (non-hydrogen) atoms. The number of aliphatic carboxylic acids is 1. The van der Waals surface area contributed by atoms with Crippen LogP contribution in [0.3, 0.4) is 0 Å². The summed E-state index contributed by atoms with van der Waals surface area (Å²) in [5, 5.41) is 18.2. The number of aliphatic hydroxyl groups excluding tert-OH is 1. The molecule has 0 amide bonds. The molecule has 1 aromatic rings. The minimum Gasteiger partial charge on any atom is -0.494 e. The molecule has 5 heteroatoms. The number of aliphatic hydroxyl groups is 1. The van der Waals surface area contributed by atoms with Gasteiger partial charge in [0, 0.05) is 6.42 Å². The van der Waals surface area contributed by atoms with Gasteiger partial charge in [-0.25, -0.2) is 4.79 Å². The van der Waals surface area contributed by atoms with Crippen LogP contribution in [0.4, 0.5) is 0 Å². The van der Waals surface area contributed by atoms with E-state index in [9.17, 15) is 14.7 Å². The fourth-order valence-electron chi connectivity index (χ4n) is 4.52. The molecule has 0 spiro atoms. The average Bonchev–Trinajstić information content (AvgIpc) is 3.07. The molecule has 0 aliphatic heterocycles. The summed E-state index contributed by atoms with van der Waals surface area (Å²) < 4.78 is 5.79. The van der Waals surface area contributed by atoms with Crippen LogP contribution in [0.1, 0.15) is 84.0 Å². The lowest BCUT2D eigenvalue weighted by Gasteiger charge is -2.32. The number of ketones is 1. The van der Waals surface area contributed by atoms with Gasteiger partial charge in [-0.1, -0.05) is 68.9 Å². The van der Waals surface area contributed by atoms with Gasteiger partial charge < -0.3 is 14.9 Å². The number of carbonyl (C=O) groups is 2. The maximum atomic E-state index is 13.0. The molecule has 0 fully saturated rings. The van der Waals surface area contributed by atoms with Crippen molar-refractivity contribution in [2.24, 2.45) is 5.41 Å². The van der Waals surface area contributed by atoms with Crippen LogP contribution in [-0.4, -0.2) is 34.7 Å². The summed E-state index contributed by atoms with van der Waals surface area (Å²) in [6.45, 7) is 2.84. The van der Waals surface area contributed by atoms with Crippen LogP contribution in [0.25, 0.3) is 0 Å². The zero-order chi connectivity index (χ0) is 22.5. The molecule has 1 aliphatic rings. The van der Waals surface area contributed by atoms with Gasteiger partial charge in [-0.05, 0) is 50.7 Å². The van der Waals surface area contributed by atoms with Gasteiger partial charge in [0.15, 0.2) is 6.10 Å². The average molecular weight is 431 g/mol. The van der Waals surface area contributed by atoms with E-state index in [1.165, 1.54) is 5.57 Å². The van der Waals surface area contributed by atoms with Crippen molar-refractivity contribution in [2.45, 2.75) is 90.1 Å². The number of ether oxygens (including phenoxy) is 1. The van der Waals surface area contributed by atoms with Gasteiger partial charge in [0.25, 0.3) is 0 Å². The van der Waals surface area contributed by atoms with E-state index in [0.29, 0.717) is 25.2 Å². The number of carboxylic acid groups (broad SMARTS) is 1. The second kappa shape index (κ2) is 13.3. The fraction of sp³-hybridized carbons (Fsp3) is 0.615. The predicted octanol–water partition coefficient (Wildman–Crippen LogP) is 5.71. The highest BCUT2D eigenvalue weighted by atomic mass is 16.5. The number of carboxylic acids is 1. The highest BCUT2D eigenvalue weighted by Crippen LogP contribution is 2.47. The maximum absolute atomic E-state index is 13.0. The molecule has 2 rings (SSSR count). The monoisotopic (exact) mass is 430 g/mol. The first kappa shape index (κ1) is 25.1. The molecule has 1 aromatic carbocycles. The van der Waals surface area contributed by atoms with Gasteiger partial charge in [0.1, 0.15) is 11.5 Å². The van der Waals surface area contributed by atoms with Crippen LogP contribution in [0.2, 0.25) is 0 Å². The minimum absolute atomic E-state index is 0.273. The zero-order valence-electron chi connectivity index (χ0n) is 18.9. The number of para-hydroxylation sites is 1. The molecular weight excluding hydrogens is 392 g/mol. The normalized spacial score (nSPS) is 19.3. The van der Waals surface area contributed by atoms with Crippen molar-refractivity contribution in [3.05, 3.63) is 42.0 Å². The minimum atomic E-state index is -1.28. The highest BCUT2D eigenvalue weighted by Gasteiger charge is 2.42. The Labute approximate surface area is 186 Å². The smallest absolute Gasteiger partial charge is 0.332 e. The third-order valence-corrected chi connectivity index (χ3v) is 6.36. The van der Waals surface area contributed by atoms with E-state index in [-0.39, 0.29) is 11.8 Å². The van der Waals surface area contributed by atoms with Crippen molar-refractivity contribution in [1.29, 1.82) is 0 Å². The van der Waals surface area contributed by atoms with Crippen molar-refractivity contribution in [3.63, 3.8) is 0 Å². The van der Waals surface area contributed by atoms with Crippen molar-refractivity contribution in [3.8, 4) is 5.75 Å². The van der Waals surface area contributed by atoms with E-state index in [1.54, 1.807) is 0 Å². The number of unbranched alkanes of at least 4 members (excludes halogenated alkanes) is 4. The standard InChI is InChI=1S/C26H38O5/c1-2-3-18-26(19-10-5-8-15-23(27)25(29)30)21(16-17-24(26)28)12-9-11-20-31-22-13-6-4-7-14-22/h4,6-7,13-14,16,23,27H,2-3,5,8-12,15,17-20H2,1H3,(H,29,30)/t23?,26-/m1/s1.